The maximum absolute atomic E-state index is 13.1. The summed E-state index contributed by atoms with van der Waals surface area (Å²) in [5, 5.41) is 0. The molecule has 0 fully saturated rings. The second-order valence-corrected chi connectivity index (χ2v) is 7.42. The van der Waals surface area contributed by atoms with E-state index in [1.54, 1.807) is 36.4 Å². The van der Waals surface area contributed by atoms with E-state index in [0.717, 1.165) is 9.13 Å². The quantitative estimate of drug-likeness (QED) is 0.262. The van der Waals surface area contributed by atoms with Crippen molar-refractivity contribution < 1.29 is 27.8 Å². The molecule has 8 heteroatoms. The van der Waals surface area contributed by atoms with Gasteiger partial charge in [0.1, 0.15) is 12.4 Å². The van der Waals surface area contributed by atoms with Crippen molar-refractivity contribution >= 4 is 40.5 Å². The fourth-order valence-electron chi connectivity index (χ4n) is 2.77. The molecule has 0 unspecified atom stereocenters. The molecule has 1 aromatic heterocycles. The fraction of sp³-hybridized carbons (Fsp3) is 0.0909. The Balaban J connectivity index is 1.58. The van der Waals surface area contributed by atoms with Crippen molar-refractivity contribution in [2.45, 2.75) is 6.61 Å². The number of hydrogen-bond donors (Lipinski definition) is 0. The van der Waals surface area contributed by atoms with Crippen LogP contribution in [0.15, 0.2) is 69.9 Å². The van der Waals surface area contributed by atoms with Gasteiger partial charge in [-0.05, 0) is 76.2 Å². The first kappa shape index (κ1) is 20.1. The number of esters is 1. The molecular weight excluding hydrogens is 504 g/mol. The topological polar surface area (TPSA) is 70.3 Å². The number of nitrogens with zero attached hydrogens (tertiary/aromatic N) is 1. The Morgan fingerprint density at radius 1 is 1.20 bits per heavy atom. The molecule has 0 saturated carbocycles. The summed E-state index contributed by atoms with van der Waals surface area (Å²) in [5.41, 5.74) is 1.68. The molecule has 2 aromatic carbocycles. The zero-order chi connectivity index (χ0) is 21.1. The maximum Gasteiger partial charge on any atom is 0.363 e. The summed E-state index contributed by atoms with van der Waals surface area (Å²) in [5.74, 6) is 0.690. The minimum absolute atomic E-state index is 0.122. The number of halogens is 2. The van der Waals surface area contributed by atoms with E-state index in [4.69, 9.17) is 18.6 Å². The molecule has 30 heavy (non-hydrogen) atoms. The third-order valence-electron chi connectivity index (χ3n) is 4.20. The molecule has 2 heterocycles. The number of furan rings is 1. The average molecular weight is 519 g/mol. The van der Waals surface area contributed by atoms with Crippen LogP contribution in [0.1, 0.15) is 16.9 Å². The smallest absolute Gasteiger partial charge is 0.363 e. The first-order valence-electron chi connectivity index (χ1n) is 8.84. The lowest BCUT2D eigenvalue weighted by atomic mass is 10.1. The number of benzene rings is 2. The van der Waals surface area contributed by atoms with E-state index in [2.05, 4.69) is 27.6 Å². The van der Waals surface area contributed by atoms with Crippen molar-refractivity contribution in [1.29, 1.82) is 0 Å². The number of aliphatic imine (C=N–C) groups is 1. The SMILES string of the molecule is COc1cc(/C=C2\N=C(c3ccco3)OC2=O)cc(I)c1OCc1ccc(F)cc1. The van der Waals surface area contributed by atoms with E-state index in [1.165, 1.54) is 25.5 Å². The van der Waals surface area contributed by atoms with Gasteiger partial charge in [-0.15, -0.1) is 0 Å². The van der Waals surface area contributed by atoms with Crippen molar-refractivity contribution in [3.63, 3.8) is 0 Å². The molecule has 4 rings (SSSR count). The Morgan fingerprint density at radius 2 is 2.00 bits per heavy atom. The molecule has 0 spiro atoms. The lowest BCUT2D eigenvalue weighted by Gasteiger charge is -2.14. The van der Waals surface area contributed by atoms with Crippen LogP contribution in [0.3, 0.4) is 0 Å². The van der Waals surface area contributed by atoms with Crippen LogP contribution in [0.5, 0.6) is 11.5 Å². The van der Waals surface area contributed by atoms with Crippen LogP contribution in [0.2, 0.25) is 0 Å². The molecular formula is C22H15FINO5. The summed E-state index contributed by atoms with van der Waals surface area (Å²) in [6.45, 7) is 0.260. The number of carbonyl (C=O) groups excluding carboxylic acids is 1. The summed E-state index contributed by atoms with van der Waals surface area (Å²) < 4.78 is 35.6. The van der Waals surface area contributed by atoms with Gasteiger partial charge < -0.3 is 18.6 Å². The van der Waals surface area contributed by atoms with Gasteiger partial charge in [-0.2, -0.15) is 0 Å². The number of hydrogen-bond acceptors (Lipinski definition) is 6. The van der Waals surface area contributed by atoms with Gasteiger partial charge in [0.15, 0.2) is 23.0 Å². The van der Waals surface area contributed by atoms with Gasteiger partial charge in [0.05, 0.1) is 16.9 Å². The van der Waals surface area contributed by atoms with Gasteiger partial charge in [-0.25, -0.2) is 14.2 Å². The Labute approximate surface area is 185 Å². The van der Waals surface area contributed by atoms with E-state index in [1.807, 2.05) is 6.07 Å². The van der Waals surface area contributed by atoms with Crippen LogP contribution in [-0.2, 0) is 16.1 Å². The van der Waals surface area contributed by atoms with Gasteiger partial charge in [-0.3, -0.25) is 0 Å². The summed E-state index contributed by atoms with van der Waals surface area (Å²) in [7, 11) is 1.53. The van der Waals surface area contributed by atoms with Crippen LogP contribution in [0, 0.1) is 9.39 Å². The van der Waals surface area contributed by atoms with E-state index in [9.17, 15) is 9.18 Å². The lowest BCUT2D eigenvalue weighted by Crippen LogP contribution is -2.04. The third-order valence-corrected chi connectivity index (χ3v) is 5.01. The lowest BCUT2D eigenvalue weighted by molar-refractivity contribution is -0.130. The normalized spacial score (nSPS) is 14.6. The molecule has 6 nitrogen and oxygen atoms in total. The first-order valence-corrected chi connectivity index (χ1v) is 9.92. The summed E-state index contributed by atoms with van der Waals surface area (Å²) in [4.78, 5) is 16.3. The summed E-state index contributed by atoms with van der Waals surface area (Å²) in [6.07, 6.45) is 3.08. The largest absolute Gasteiger partial charge is 0.493 e. The number of ether oxygens (including phenoxy) is 3. The fourth-order valence-corrected chi connectivity index (χ4v) is 3.55. The average Bonchev–Trinajstić information content (AvgIpc) is 3.38. The van der Waals surface area contributed by atoms with Crippen LogP contribution in [-0.4, -0.2) is 19.0 Å². The van der Waals surface area contributed by atoms with Crippen LogP contribution < -0.4 is 9.47 Å². The van der Waals surface area contributed by atoms with E-state index >= 15 is 0 Å². The van der Waals surface area contributed by atoms with E-state index in [-0.39, 0.29) is 24.0 Å². The van der Waals surface area contributed by atoms with E-state index in [0.29, 0.717) is 22.8 Å². The highest BCUT2D eigenvalue weighted by Gasteiger charge is 2.26. The molecule has 0 atom stereocenters. The van der Waals surface area contributed by atoms with Gasteiger partial charge in [0, 0.05) is 0 Å². The summed E-state index contributed by atoms with van der Waals surface area (Å²) in [6, 6.07) is 13.0. The maximum atomic E-state index is 13.1. The zero-order valence-corrected chi connectivity index (χ0v) is 17.9. The third kappa shape index (κ3) is 4.38. The highest BCUT2D eigenvalue weighted by Crippen LogP contribution is 2.35. The Hall–Kier alpha value is -3.14. The predicted octanol–water partition coefficient (Wildman–Crippen LogP) is 4.96. The molecule has 0 saturated heterocycles. The van der Waals surface area contributed by atoms with Crippen molar-refractivity contribution in [2.75, 3.05) is 7.11 Å². The molecule has 0 bridgehead atoms. The molecule has 1 aliphatic rings. The summed E-state index contributed by atoms with van der Waals surface area (Å²) >= 11 is 2.13. The second kappa shape index (κ2) is 8.70. The van der Waals surface area contributed by atoms with Crippen molar-refractivity contribution in [2.24, 2.45) is 4.99 Å². The van der Waals surface area contributed by atoms with Crippen LogP contribution >= 0.6 is 22.6 Å². The molecule has 0 radical (unpaired) electrons. The number of carbonyl (C=O) groups is 1. The number of cyclic esters (lactones) is 1. The standard InChI is InChI=1S/C22H15FINO5/c1-27-19-11-14(10-17-22(26)30-21(25-17)18-3-2-8-28-18)9-16(24)20(19)29-12-13-4-6-15(23)7-5-13/h2-11H,12H2,1H3/b17-10-. The van der Waals surface area contributed by atoms with Crippen molar-refractivity contribution in [3.05, 3.63) is 86.8 Å². The Bertz CT molecular complexity index is 1140. The zero-order valence-electron chi connectivity index (χ0n) is 15.7. The highest BCUT2D eigenvalue weighted by atomic mass is 127. The van der Waals surface area contributed by atoms with Crippen LogP contribution in [0.4, 0.5) is 4.39 Å². The Morgan fingerprint density at radius 3 is 2.70 bits per heavy atom. The molecule has 3 aromatic rings. The molecule has 1 aliphatic heterocycles. The molecule has 0 amide bonds. The molecule has 152 valence electrons. The minimum atomic E-state index is -0.563. The van der Waals surface area contributed by atoms with Gasteiger partial charge in [0.2, 0.25) is 0 Å². The molecule has 0 N–H and O–H groups in total. The highest BCUT2D eigenvalue weighted by molar-refractivity contribution is 14.1. The predicted molar refractivity (Wildman–Crippen MR) is 116 cm³/mol. The van der Waals surface area contributed by atoms with Crippen LogP contribution in [0.25, 0.3) is 6.08 Å². The monoisotopic (exact) mass is 519 g/mol. The molecule has 0 aliphatic carbocycles. The first-order chi connectivity index (χ1) is 14.5. The number of methoxy groups -OCH3 is 1. The van der Waals surface area contributed by atoms with Crippen molar-refractivity contribution in [3.8, 4) is 11.5 Å². The van der Waals surface area contributed by atoms with E-state index < -0.39 is 5.97 Å². The van der Waals surface area contributed by atoms with Crippen molar-refractivity contribution in [1.82, 2.24) is 0 Å². The van der Waals surface area contributed by atoms with Gasteiger partial charge >= 0.3 is 5.97 Å². The number of rotatable bonds is 6. The Kier molecular flexibility index (Phi) is 5.84. The second-order valence-electron chi connectivity index (χ2n) is 6.26. The van der Waals surface area contributed by atoms with Gasteiger partial charge in [0.25, 0.3) is 5.90 Å². The van der Waals surface area contributed by atoms with Gasteiger partial charge in [-0.1, -0.05) is 12.1 Å². The minimum Gasteiger partial charge on any atom is -0.493 e.